The first-order valence-electron chi connectivity index (χ1n) is 6.57. The highest BCUT2D eigenvalue weighted by Crippen LogP contribution is 2.32. The maximum atomic E-state index is 14.1. The zero-order chi connectivity index (χ0) is 13.8. The Morgan fingerprint density at radius 3 is 3.05 bits per heavy atom. The molecule has 0 radical (unpaired) electrons. The van der Waals surface area contributed by atoms with E-state index in [0.717, 1.165) is 30.4 Å². The van der Waals surface area contributed by atoms with Crippen molar-refractivity contribution in [1.82, 2.24) is 4.90 Å². The number of hydrogen-bond acceptors (Lipinski definition) is 3. The van der Waals surface area contributed by atoms with Crippen molar-refractivity contribution in [3.8, 4) is 0 Å². The Kier molecular flexibility index (Phi) is 5.33. The Morgan fingerprint density at radius 2 is 2.32 bits per heavy atom. The number of likely N-dealkylation sites (tertiary alicyclic amines) is 1. The van der Waals surface area contributed by atoms with Crippen LogP contribution in [0.15, 0.2) is 22.7 Å². The number of nitrogens with two attached hydrogens (primary N) is 1. The van der Waals surface area contributed by atoms with Crippen LogP contribution in [-0.2, 0) is 4.74 Å². The van der Waals surface area contributed by atoms with Crippen molar-refractivity contribution >= 4 is 15.9 Å². The summed E-state index contributed by atoms with van der Waals surface area (Å²) in [4.78, 5) is 2.22. The van der Waals surface area contributed by atoms with E-state index in [2.05, 4.69) is 20.8 Å². The molecule has 19 heavy (non-hydrogen) atoms. The fraction of sp³-hybridized carbons (Fsp3) is 0.571. The molecule has 3 nitrogen and oxygen atoms in total. The highest BCUT2D eigenvalue weighted by molar-refractivity contribution is 9.10. The fourth-order valence-electron chi connectivity index (χ4n) is 2.73. The highest BCUT2D eigenvalue weighted by atomic mass is 79.9. The monoisotopic (exact) mass is 330 g/mol. The van der Waals surface area contributed by atoms with Crippen molar-refractivity contribution in [3.63, 3.8) is 0 Å². The van der Waals surface area contributed by atoms with E-state index < -0.39 is 0 Å². The zero-order valence-corrected chi connectivity index (χ0v) is 12.7. The van der Waals surface area contributed by atoms with Gasteiger partial charge in [-0.15, -0.1) is 0 Å². The molecule has 1 fully saturated rings. The maximum Gasteiger partial charge on any atom is 0.128 e. The van der Waals surface area contributed by atoms with Crippen molar-refractivity contribution in [3.05, 3.63) is 34.1 Å². The van der Waals surface area contributed by atoms with Gasteiger partial charge in [-0.05, 0) is 37.6 Å². The molecule has 2 N–H and O–H groups in total. The summed E-state index contributed by atoms with van der Waals surface area (Å²) in [6.45, 7) is 2.35. The topological polar surface area (TPSA) is 38.5 Å². The number of methoxy groups -OCH3 is 1. The average molecular weight is 331 g/mol. The van der Waals surface area contributed by atoms with Gasteiger partial charge in [-0.2, -0.15) is 0 Å². The maximum absolute atomic E-state index is 14.1. The molecule has 2 atom stereocenters. The summed E-state index contributed by atoms with van der Waals surface area (Å²) in [6, 6.07) is 4.95. The van der Waals surface area contributed by atoms with Crippen molar-refractivity contribution < 1.29 is 9.13 Å². The smallest absolute Gasteiger partial charge is 0.128 e. The lowest BCUT2D eigenvalue weighted by molar-refractivity contribution is 0.0830. The number of benzene rings is 1. The van der Waals surface area contributed by atoms with E-state index in [0.29, 0.717) is 12.2 Å². The predicted molar refractivity (Wildman–Crippen MR) is 77.5 cm³/mol. The zero-order valence-electron chi connectivity index (χ0n) is 11.1. The standard InChI is InChI=1S/C14H20BrFN2O/c1-19-8-7-18-6-2-3-13(17)14(18)11-9-10(15)4-5-12(11)16/h4-5,9,13-14H,2-3,6-8,17H2,1H3. The Morgan fingerprint density at radius 1 is 1.53 bits per heavy atom. The average Bonchev–Trinajstić information content (AvgIpc) is 2.39. The molecule has 0 aliphatic carbocycles. The normalized spacial score (nSPS) is 24.6. The first-order valence-corrected chi connectivity index (χ1v) is 7.36. The van der Waals surface area contributed by atoms with E-state index in [1.165, 1.54) is 6.07 Å². The van der Waals surface area contributed by atoms with Gasteiger partial charge in [-0.1, -0.05) is 15.9 Å². The third kappa shape index (κ3) is 3.54. The molecule has 0 spiro atoms. The van der Waals surface area contributed by atoms with Gasteiger partial charge in [0.05, 0.1) is 12.6 Å². The van der Waals surface area contributed by atoms with Crippen LogP contribution in [0, 0.1) is 5.82 Å². The summed E-state index contributed by atoms with van der Waals surface area (Å²) in [5.41, 5.74) is 6.91. The van der Waals surface area contributed by atoms with Gasteiger partial charge in [0.25, 0.3) is 0 Å². The molecular weight excluding hydrogens is 311 g/mol. The van der Waals surface area contributed by atoms with Crippen LogP contribution in [0.3, 0.4) is 0 Å². The second kappa shape index (κ2) is 6.79. The summed E-state index contributed by atoms with van der Waals surface area (Å²) >= 11 is 3.40. The molecule has 0 aromatic heterocycles. The summed E-state index contributed by atoms with van der Waals surface area (Å²) in [5, 5.41) is 0. The van der Waals surface area contributed by atoms with Crippen LogP contribution in [0.2, 0.25) is 0 Å². The van der Waals surface area contributed by atoms with E-state index in [4.69, 9.17) is 10.5 Å². The van der Waals surface area contributed by atoms with Crippen molar-refractivity contribution in [1.29, 1.82) is 0 Å². The summed E-state index contributed by atoms with van der Waals surface area (Å²) in [7, 11) is 1.68. The molecule has 1 aromatic rings. The first-order chi connectivity index (χ1) is 9.13. The second-order valence-corrected chi connectivity index (χ2v) is 5.86. The third-order valence-electron chi connectivity index (χ3n) is 3.64. The Hall–Kier alpha value is -0.490. The summed E-state index contributed by atoms with van der Waals surface area (Å²) < 4.78 is 20.1. The van der Waals surface area contributed by atoms with Gasteiger partial charge in [0, 0.05) is 29.7 Å². The molecule has 0 amide bonds. The molecule has 0 bridgehead atoms. The number of halogens is 2. The van der Waals surface area contributed by atoms with Gasteiger partial charge >= 0.3 is 0 Å². The number of hydrogen-bond donors (Lipinski definition) is 1. The largest absolute Gasteiger partial charge is 0.383 e. The number of rotatable bonds is 4. The van der Waals surface area contributed by atoms with E-state index in [1.54, 1.807) is 13.2 Å². The molecule has 1 aliphatic rings. The Labute approximate surface area is 122 Å². The lowest BCUT2D eigenvalue weighted by Crippen LogP contribution is -2.47. The quantitative estimate of drug-likeness (QED) is 0.922. The molecule has 2 rings (SSSR count). The molecule has 1 aliphatic heterocycles. The van der Waals surface area contributed by atoms with E-state index in [1.807, 2.05) is 6.07 Å². The highest BCUT2D eigenvalue weighted by Gasteiger charge is 2.31. The van der Waals surface area contributed by atoms with E-state index in [9.17, 15) is 4.39 Å². The van der Waals surface area contributed by atoms with Gasteiger partial charge in [0.1, 0.15) is 5.82 Å². The van der Waals surface area contributed by atoms with Crippen molar-refractivity contribution in [2.75, 3.05) is 26.8 Å². The minimum Gasteiger partial charge on any atom is -0.383 e. The molecule has 1 heterocycles. The molecule has 1 aromatic carbocycles. The number of ether oxygens (including phenoxy) is 1. The Bertz CT molecular complexity index is 430. The van der Waals surface area contributed by atoms with Crippen LogP contribution in [0.1, 0.15) is 24.4 Å². The number of piperidine rings is 1. The van der Waals surface area contributed by atoms with E-state index >= 15 is 0 Å². The summed E-state index contributed by atoms with van der Waals surface area (Å²) in [6.07, 6.45) is 1.98. The van der Waals surface area contributed by atoms with Crippen LogP contribution in [0.5, 0.6) is 0 Å². The predicted octanol–water partition coefficient (Wildman–Crippen LogP) is 2.70. The van der Waals surface area contributed by atoms with Gasteiger partial charge in [0.2, 0.25) is 0 Å². The van der Waals surface area contributed by atoms with Gasteiger partial charge in [-0.3, -0.25) is 4.90 Å². The van der Waals surface area contributed by atoms with Crippen molar-refractivity contribution in [2.24, 2.45) is 5.73 Å². The van der Waals surface area contributed by atoms with Crippen LogP contribution < -0.4 is 5.73 Å². The van der Waals surface area contributed by atoms with E-state index in [-0.39, 0.29) is 17.9 Å². The SMILES string of the molecule is COCCN1CCCC(N)C1c1cc(Br)ccc1F. The van der Waals surface area contributed by atoms with Gasteiger partial charge < -0.3 is 10.5 Å². The molecule has 5 heteroatoms. The van der Waals surface area contributed by atoms with Crippen molar-refractivity contribution in [2.45, 2.75) is 24.9 Å². The Balaban J connectivity index is 2.27. The van der Waals surface area contributed by atoms with Crippen LogP contribution in [0.4, 0.5) is 4.39 Å². The second-order valence-electron chi connectivity index (χ2n) is 4.95. The fourth-order valence-corrected chi connectivity index (χ4v) is 3.10. The molecule has 2 unspecified atom stereocenters. The first kappa shape index (κ1) is 14.9. The van der Waals surface area contributed by atoms with Crippen LogP contribution in [-0.4, -0.2) is 37.7 Å². The lowest BCUT2D eigenvalue weighted by atomic mass is 9.90. The molecule has 106 valence electrons. The summed E-state index contributed by atoms with van der Waals surface area (Å²) in [5.74, 6) is -0.187. The van der Waals surface area contributed by atoms with Crippen LogP contribution in [0.25, 0.3) is 0 Å². The molecule has 0 saturated carbocycles. The molecule has 1 saturated heterocycles. The molecular formula is C14H20BrFN2O. The van der Waals surface area contributed by atoms with Gasteiger partial charge in [-0.25, -0.2) is 4.39 Å². The lowest BCUT2D eigenvalue weighted by Gasteiger charge is -2.40. The number of nitrogens with zero attached hydrogens (tertiary/aromatic N) is 1. The van der Waals surface area contributed by atoms with Crippen LogP contribution >= 0.6 is 15.9 Å². The minimum absolute atomic E-state index is 0.0330. The minimum atomic E-state index is -0.187. The van der Waals surface area contributed by atoms with Gasteiger partial charge in [0.15, 0.2) is 0 Å². The third-order valence-corrected chi connectivity index (χ3v) is 4.13.